The Kier molecular flexibility index (Phi) is 10.7. The quantitative estimate of drug-likeness (QED) is 0.178. The summed E-state index contributed by atoms with van der Waals surface area (Å²) in [7, 11) is -1.87. The van der Waals surface area contributed by atoms with Crippen LogP contribution in [0.5, 0.6) is 5.88 Å². The van der Waals surface area contributed by atoms with E-state index in [-0.39, 0.29) is 33.8 Å². The van der Waals surface area contributed by atoms with Gasteiger partial charge in [-0.2, -0.15) is 4.37 Å². The monoisotopic (exact) mass is 820 g/mol. The number of carboxylic acids is 1. The summed E-state index contributed by atoms with van der Waals surface area (Å²) in [6, 6.07) is 0. The van der Waals surface area contributed by atoms with Crippen LogP contribution in [0.1, 0.15) is 124 Å². The van der Waals surface area contributed by atoms with Crippen molar-refractivity contribution in [3.05, 3.63) is 41.1 Å². The van der Waals surface area contributed by atoms with Crippen molar-refractivity contribution in [1.82, 2.24) is 19.0 Å². The molecule has 2 N–H and O–H groups in total. The smallest absolute Gasteiger partial charge is 0.313 e. The van der Waals surface area contributed by atoms with Crippen molar-refractivity contribution in [3.63, 3.8) is 0 Å². The van der Waals surface area contributed by atoms with Crippen LogP contribution in [0.3, 0.4) is 0 Å². The number of allylic oxidation sites excluding steroid dienone is 5. The standard InChI is InChI=1S/C47H72N4O4S2/c1-31(2)34-14-21-47(48-24-25-51-26-28-57(9,54)29-27-51)23-22-44(7)36(39(34)47)10-11-38-43(6)17-15-35(42(4,5)37(43)16-18-45(38,44)8)33-12-19-46(20-13-33,41(52)53)30-55-40-32(3)49-56-50-40/h12,15,34,36-39,48H,1,9-11,13-14,16-30H2,2-8H3,(H,52,53)/t34-,36+,37-,38+,39+,43-,44+,45+,46?,47-/m0/s1. The highest BCUT2D eigenvalue weighted by Crippen LogP contribution is 2.76. The van der Waals surface area contributed by atoms with E-state index < -0.39 is 20.9 Å². The van der Waals surface area contributed by atoms with Crippen LogP contribution in [0.2, 0.25) is 0 Å². The Morgan fingerprint density at radius 3 is 2.39 bits per heavy atom. The van der Waals surface area contributed by atoms with Crippen molar-refractivity contribution < 1.29 is 18.8 Å². The van der Waals surface area contributed by atoms with Crippen molar-refractivity contribution in [3.8, 4) is 5.88 Å². The van der Waals surface area contributed by atoms with Gasteiger partial charge in [0, 0.05) is 43.2 Å². The predicted octanol–water partition coefficient (Wildman–Crippen LogP) is 8.97. The second-order valence-electron chi connectivity index (χ2n) is 21.5. The number of aryl methyl sites for hydroxylation is 1. The second-order valence-corrected chi connectivity index (χ2v) is 24.8. The van der Waals surface area contributed by atoms with Crippen molar-refractivity contribution in [2.75, 3.05) is 44.3 Å². The first-order valence-corrected chi connectivity index (χ1v) is 25.1. The molecule has 57 heavy (non-hydrogen) atoms. The number of hydrogen-bond acceptors (Lipinski definition) is 8. The minimum Gasteiger partial charge on any atom is -0.481 e. The summed E-state index contributed by atoms with van der Waals surface area (Å²) in [5.74, 6) is 8.32. The summed E-state index contributed by atoms with van der Waals surface area (Å²) >= 11 is 1.10. The first-order chi connectivity index (χ1) is 26.8. The van der Waals surface area contributed by atoms with E-state index in [0.717, 1.165) is 62.3 Å². The number of rotatable bonds is 10. The molecule has 10 atom stereocenters. The molecule has 6 aliphatic carbocycles. The van der Waals surface area contributed by atoms with E-state index in [9.17, 15) is 14.1 Å². The lowest BCUT2D eigenvalue weighted by atomic mass is 9.33. The molecule has 0 radical (unpaired) electrons. The zero-order valence-electron chi connectivity index (χ0n) is 36.2. The summed E-state index contributed by atoms with van der Waals surface area (Å²) < 4.78 is 26.9. The zero-order chi connectivity index (χ0) is 40.8. The third kappa shape index (κ3) is 6.66. The van der Waals surface area contributed by atoms with Gasteiger partial charge in [-0.05, 0) is 169 Å². The summed E-state index contributed by atoms with van der Waals surface area (Å²) in [5, 5.41) is 14.7. The maximum Gasteiger partial charge on any atom is 0.313 e. The third-order valence-corrected chi connectivity index (χ3v) is 21.1. The van der Waals surface area contributed by atoms with Crippen LogP contribution in [0.15, 0.2) is 35.5 Å². The van der Waals surface area contributed by atoms with Gasteiger partial charge in [0.15, 0.2) is 0 Å². The third-order valence-electron chi connectivity index (χ3n) is 18.6. The number of nitrogens with one attached hydrogen (secondary N) is 1. The highest BCUT2D eigenvalue weighted by Gasteiger charge is 2.70. The molecule has 0 spiro atoms. The largest absolute Gasteiger partial charge is 0.481 e. The number of aromatic nitrogens is 2. The van der Waals surface area contributed by atoms with Gasteiger partial charge < -0.3 is 20.1 Å². The number of carboxylic acid groups (broad SMARTS) is 1. The highest BCUT2D eigenvalue weighted by molar-refractivity contribution is 8.00. The van der Waals surface area contributed by atoms with Crippen LogP contribution in [0.25, 0.3) is 0 Å². The van der Waals surface area contributed by atoms with Gasteiger partial charge in [0.05, 0.1) is 11.7 Å². The average Bonchev–Trinajstić information content (AvgIpc) is 3.75. The molecule has 1 aliphatic heterocycles. The lowest BCUT2D eigenvalue weighted by Crippen LogP contribution is -2.68. The van der Waals surface area contributed by atoms with Crippen molar-refractivity contribution in [2.45, 2.75) is 131 Å². The minimum atomic E-state index is -1.87. The molecule has 0 amide bonds. The molecular formula is C47H72N4O4S2. The van der Waals surface area contributed by atoms with E-state index in [1.807, 2.05) is 6.92 Å². The summed E-state index contributed by atoms with van der Waals surface area (Å²) in [6.45, 7) is 25.9. The van der Waals surface area contributed by atoms with Crippen LogP contribution in [0.4, 0.5) is 0 Å². The van der Waals surface area contributed by atoms with Gasteiger partial charge in [-0.25, -0.2) is 0 Å². The summed E-state index contributed by atoms with van der Waals surface area (Å²) in [6.07, 6.45) is 18.0. The first-order valence-electron chi connectivity index (χ1n) is 22.3. The molecule has 8 rings (SSSR count). The van der Waals surface area contributed by atoms with Gasteiger partial charge in [0.1, 0.15) is 17.7 Å². The van der Waals surface area contributed by atoms with E-state index in [1.54, 1.807) is 0 Å². The van der Waals surface area contributed by atoms with Crippen molar-refractivity contribution >= 4 is 33.1 Å². The van der Waals surface area contributed by atoms with Crippen LogP contribution < -0.4 is 10.1 Å². The Hall–Kier alpha value is -2.01. The Morgan fingerprint density at radius 2 is 1.74 bits per heavy atom. The Morgan fingerprint density at radius 1 is 0.982 bits per heavy atom. The van der Waals surface area contributed by atoms with Gasteiger partial charge in [0.25, 0.3) is 0 Å². The van der Waals surface area contributed by atoms with E-state index in [1.165, 1.54) is 68.1 Å². The fraction of sp³-hybridized carbons (Fsp3) is 0.787. The van der Waals surface area contributed by atoms with Gasteiger partial charge in [-0.1, -0.05) is 58.9 Å². The second kappa shape index (κ2) is 14.6. The first kappa shape index (κ1) is 41.7. The molecule has 2 heterocycles. The number of aliphatic carboxylic acids is 1. The SMILES string of the molecule is C=C(C)[C@@H]1CC[C@]2(NCCN3CCS(=C)(=O)CC3)CC[C@]3(C)[C@H](CC[C@@H]4[C@@]5(C)CC=C(C6=CCC(COc7nsnc7C)(C(=O)O)CC6)C(C)(C)[C@@H]5CC[C@]43C)[C@@H]12. The molecule has 4 saturated carbocycles. The molecule has 0 bridgehead atoms. The molecule has 10 heteroatoms. The number of ether oxygens (including phenoxy) is 1. The highest BCUT2D eigenvalue weighted by atomic mass is 32.2. The number of hydrogen-bond donors (Lipinski definition) is 2. The topological polar surface area (TPSA) is 105 Å². The summed E-state index contributed by atoms with van der Waals surface area (Å²) in [5.41, 5.74) is 4.99. The predicted molar refractivity (Wildman–Crippen MR) is 234 cm³/mol. The molecule has 7 aliphatic rings. The van der Waals surface area contributed by atoms with Gasteiger partial charge >= 0.3 is 5.97 Å². The molecule has 1 aromatic heterocycles. The van der Waals surface area contributed by atoms with E-state index >= 15 is 0 Å². The average molecular weight is 821 g/mol. The van der Waals surface area contributed by atoms with Crippen LogP contribution in [-0.4, -0.2) is 84.6 Å². The molecule has 316 valence electrons. The number of fused-ring (bicyclic) bond motifs is 7. The minimum absolute atomic E-state index is 0.0155. The number of nitrogens with zero attached hydrogens (tertiary/aromatic N) is 3. The van der Waals surface area contributed by atoms with Crippen LogP contribution in [-0.2, 0) is 14.3 Å². The van der Waals surface area contributed by atoms with Gasteiger partial charge in [-0.15, -0.1) is 4.37 Å². The van der Waals surface area contributed by atoms with Crippen LogP contribution in [0, 0.1) is 63.6 Å². The fourth-order valence-corrected chi connectivity index (χ4v) is 17.1. The fourth-order valence-electron chi connectivity index (χ4n) is 15.2. The number of carbonyl (C=O) groups is 1. The van der Waals surface area contributed by atoms with Gasteiger partial charge in [0.2, 0.25) is 5.88 Å². The van der Waals surface area contributed by atoms with E-state index in [0.29, 0.717) is 54.0 Å². The molecule has 0 aromatic carbocycles. The zero-order valence-corrected chi connectivity index (χ0v) is 37.9. The Balaban J connectivity index is 1.01. The van der Waals surface area contributed by atoms with Crippen molar-refractivity contribution in [1.29, 1.82) is 0 Å². The van der Waals surface area contributed by atoms with Crippen molar-refractivity contribution in [2.24, 2.45) is 56.7 Å². The molecule has 1 unspecified atom stereocenters. The van der Waals surface area contributed by atoms with Gasteiger partial charge in [-0.3, -0.25) is 9.00 Å². The Bertz CT molecular complexity index is 1920. The molecule has 1 aromatic rings. The summed E-state index contributed by atoms with van der Waals surface area (Å²) in [4.78, 5) is 15.2. The van der Waals surface area contributed by atoms with E-state index in [2.05, 4.69) is 85.1 Å². The lowest BCUT2D eigenvalue weighted by Gasteiger charge is -2.72. The molecule has 1 saturated heterocycles. The van der Waals surface area contributed by atoms with Crippen LogP contribution >= 0.6 is 11.7 Å². The maximum absolute atomic E-state index is 12.7. The van der Waals surface area contributed by atoms with E-state index in [4.69, 9.17) is 4.74 Å². The molecular weight excluding hydrogens is 749 g/mol. The molecule has 8 nitrogen and oxygen atoms in total. The maximum atomic E-state index is 12.7. The lowest BCUT2D eigenvalue weighted by molar-refractivity contribution is -0.221. The molecule has 5 fully saturated rings. The Labute approximate surface area is 348 Å². The normalized spacial score (nSPS) is 42.4.